The molecular weight excluding hydrogens is 1060 g/mol. The minimum atomic E-state index is 0. The van der Waals surface area contributed by atoms with Crippen molar-refractivity contribution in [1.29, 1.82) is 0 Å². The molecule has 0 amide bonds. The van der Waals surface area contributed by atoms with E-state index in [-0.39, 0.29) is 21.1 Å². The van der Waals surface area contributed by atoms with E-state index in [2.05, 4.69) is 233 Å². The van der Waals surface area contributed by atoms with Gasteiger partial charge in [0.2, 0.25) is 0 Å². The monoisotopic (exact) mass is 1100 g/mol. The number of ether oxygens (including phenoxy) is 1. The molecule has 0 atom stereocenters. The van der Waals surface area contributed by atoms with Crippen molar-refractivity contribution in [2.75, 3.05) is 9.80 Å². The first kappa shape index (κ1) is 43.3. The van der Waals surface area contributed by atoms with Crippen LogP contribution >= 0.6 is 0 Å². The molecule has 0 fully saturated rings. The van der Waals surface area contributed by atoms with Crippen molar-refractivity contribution in [1.82, 2.24) is 9.55 Å². The Kier molecular flexibility index (Phi) is 10.7. The van der Waals surface area contributed by atoms with Crippen LogP contribution in [0.25, 0.3) is 93.3 Å². The normalized spacial score (nSPS) is 12.2. The molecule has 1 aliphatic rings. The summed E-state index contributed by atoms with van der Waals surface area (Å²) in [6.07, 6.45) is 1.82. The van der Waals surface area contributed by atoms with Crippen molar-refractivity contribution >= 4 is 76.9 Å². The molecule has 2 aromatic heterocycles. The molecule has 0 saturated heterocycles. The fourth-order valence-corrected chi connectivity index (χ4v) is 10.7. The molecule has 0 aliphatic carbocycles. The maximum atomic E-state index is 6.71. The smallest absolute Gasteiger partial charge is 0.135 e. The average Bonchev–Trinajstić information content (AvgIpc) is 3.99. The topological polar surface area (TPSA) is 33.5 Å². The van der Waals surface area contributed by atoms with Crippen molar-refractivity contribution in [3.8, 4) is 50.7 Å². The number of aromatic nitrogens is 2. The Labute approximate surface area is 431 Å². The third kappa shape index (κ3) is 7.24. The van der Waals surface area contributed by atoms with E-state index in [4.69, 9.17) is 9.72 Å². The molecule has 0 unspecified atom stereocenters. The molecular formula is C66H41N4OPt-3. The summed E-state index contributed by atoms with van der Waals surface area (Å²) < 4.78 is 8.86. The van der Waals surface area contributed by atoms with Crippen molar-refractivity contribution in [3.05, 3.63) is 262 Å². The van der Waals surface area contributed by atoms with Crippen molar-refractivity contribution in [3.63, 3.8) is 0 Å². The van der Waals surface area contributed by atoms with Crippen LogP contribution in [0.15, 0.2) is 243 Å². The summed E-state index contributed by atoms with van der Waals surface area (Å²) in [6, 6.07) is 91.3. The van der Waals surface area contributed by atoms with Crippen molar-refractivity contribution in [2.45, 2.75) is 0 Å². The molecule has 344 valence electrons. The van der Waals surface area contributed by atoms with E-state index in [1.165, 1.54) is 27.1 Å². The Morgan fingerprint density at radius 2 is 1.03 bits per heavy atom. The van der Waals surface area contributed by atoms with Crippen LogP contribution in [-0.2, 0) is 21.1 Å². The van der Waals surface area contributed by atoms with Gasteiger partial charge in [0.15, 0.2) is 0 Å². The van der Waals surface area contributed by atoms with E-state index in [9.17, 15) is 0 Å². The summed E-state index contributed by atoms with van der Waals surface area (Å²) in [5.41, 5.74) is 12.8. The summed E-state index contributed by atoms with van der Waals surface area (Å²) in [4.78, 5) is 9.38. The Morgan fingerprint density at radius 1 is 0.417 bits per heavy atom. The minimum absolute atomic E-state index is 0. The van der Waals surface area contributed by atoms with Crippen LogP contribution < -0.4 is 14.5 Å². The van der Waals surface area contributed by atoms with Gasteiger partial charge >= 0.3 is 0 Å². The van der Waals surface area contributed by atoms with Gasteiger partial charge in [0.25, 0.3) is 0 Å². The third-order valence-electron chi connectivity index (χ3n) is 13.9. The largest absolute Gasteiger partial charge is 0.509 e. The first-order valence-corrected chi connectivity index (χ1v) is 23.9. The number of rotatable bonds is 8. The third-order valence-corrected chi connectivity index (χ3v) is 13.9. The molecule has 6 heteroatoms. The second kappa shape index (κ2) is 17.9. The molecule has 1 aliphatic heterocycles. The maximum absolute atomic E-state index is 6.71. The van der Waals surface area contributed by atoms with E-state index < -0.39 is 0 Å². The summed E-state index contributed by atoms with van der Waals surface area (Å²) in [5.74, 6) is 1.99. The number of hydrogen-bond donors (Lipinski definition) is 0. The van der Waals surface area contributed by atoms with E-state index in [1.807, 2.05) is 42.6 Å². The van der Waals surface area contributed by atoms with Crippen LogP contribution in [0.4, 0.5) is 22.7 Å². The molecule has 0 N–H and O–H groups in total. The van der Waals surface area contributed by atoms with Crippen LogP contribution in [-0.4, -0.2) is 9.55 Å². The van der Waals surface area contributed by atoms with Gasteiger partial charge < -0.3 is 19.1 Å². The zero-order valence-electron chi connectivity index (χ0n) is 38.7. The van der Waals surface area contributed by atoms with Crippen LogP contribution in [0, 0.1) is 18.8 Å². The Bertz CT molecular complexity index is 4080. The number of benzene rings is 11. The minimum Gasteiger partial charge on any atom is -0.509 e. The molecule has 0 saturated carbocycles. The Hall–Kier alpha value is -8.76. The molecule has 14 rings (SSSR count). The van der Waals surface area contributed by atoms with Crippen LogP contribution in [0.2, 0.25) is 0 Å². The molecule has 3 heterocycles. The van der Waals surface area contributed by atoms with Crippen molar-refractivity contribution in [2.24, 2.45) is 0 Å². The van der Waals surface area contributed by atoms with E-state index in [0.29, 0.717) is 11.5 Å². The number of anilines is 4. The van der Waals surface area contributed by atoms with Gasteiger partial charge in [-0.15, -0.1) is 48.1 Å². The van der Waals surface area contributed by atoms with Gasteiger partial charge in [-0.25, -0.2) is 4.98 Å². The first-order chi connectivity index (χ1) is 35.2. The molecule has 11 aromatic carbocycles. The van der Waals surface area contributed by atoms with Crippen LogP contribution in [0.1, 0.15) is 0 Å². The predicted octanol–water partition coefficient (Wildman–Crippen LogP) is 17.4. The quantitative estimate of drug-likeness (QED) is 0.112. The molecule has 5 nitrogen and oxygen atoms in total. The zero-order valence-corrected chi connectivity index (χ0v) is 41.0. The number of nitrogens with zero attached hydrogens (tertiary/aromatic N) is 4. The Morgan fingerprint density at radius 3 is 1.72 bits per heavy atom. The molecule has 72 heavy (non-hydrogen) atoms. The maximum Gasteiger partial charge on any atom is 0.135 e. The second-order valence-corrected chi connectivity index (χ2v) is 18.0. The van der Waals surface area contributed by atoms with Gasteiger partial charge in [-0.1, -0.05) is 169 Å². The number of pyridine rings is 1. The molecule has 0 radical (unpaired) electrons. The summed E-state index contributed by atoms with van der Waals surface area (Å²) in [7, 11) is 0. The molecule has 0 bridgehead atoms. The fourth-order valence-electron chi connectivity index (χ4n) is 10.7. The van der Waals surface area contributed by atoms with Gasteiger partial charge in [0, 0.05) is 77.9 Å². The first-order valence-electron chi connectivity index (χ1n) is 23.9. The van der Waals surface area contributed by atoms with Gasteiger partial charge in [-0.05, 0) is 97.0 Å². The SMILES string of the molecule is [Pt].[c-]1c(Oc2[c-]c3c(cc2)c2ccccc2n3-c2ccccn2)cccc1N1[CH-]N(c2c(-c3ccccc3)cc(-c3c4ccccc4cc4ccccc34)cc2-c2ccccc2)c2c1ccc1ccccc21. The van der Waals surface area contributed by atoms with Gasteiger partial charge in [-0.2, -0.15) is 12.1 Å². The van der Waals surface area contributed by atoms with Crippen LogP contribution in [0.5, 0.6) is 11.5 Å². The second-order valence-electron chi connectivity index (χ2n) is 18.0. The fraction of sp³-hybridized carbons (Fsp3) is 0. The van der Waals surface area contributed by atoms with Gasteiger partial charge in [0.05, 0.1) is 0 Å². The number of para-hydroxylation sites is 1. The molecule has 0 spiro atoms. The number of fused-ring (bicyclic) bond motifs is 8. The van der Waals surface area contributed by atoms with Crippen molar-refractivity contribution < 1.29 is 25.8 Å². The summed E-state index contributed by atoms with van der Waals surface area (Å²) in [6.45, 7) is 2.23. The summed E-state index contributed by atoms with van der Waals surface area (Å²) in [5, 5.41) is 9.38. The predicted molar refractivity (Wildman–Crippen MR) is 293 cm³/mol. The molecule has 13 aromatic rings. The average molecular weight is 1100 g/mol. The summed E-state index contributed by atoms with van der Waals surface area (Å²) >= 11 is 0. The Balaban J connectivity index is 0.00000504. The zero-order chi connectivity index (χ0) is 46.8. The van der Waals surface area contributed by atoms with Gasteiger partial charge in [0.1, 0.15) is 5.82 Å². The van der Waals surface area contributed by atoms with E-state index >= 15 is 0 Å². The standard InChI is InChI=1S/C66H41N4O.Pt/c1-3-18-44(19-4-1)58-39-49(64-53-27-10-8-23-47(53)38-48-24-9-11-28-54(48)64)40-59(45-20-5-2-6-21-45)65(58)69-43-68(61-36-33-46-22-7-12-29-55(46)66(61)69)50-25-17-26-51(41-50)71-52-34-35-57-56-30-13-14-31-60(56)70(62(57)42-52)63-32-15-16-37-67-63;/h1-40,43H;/q-3;. The number of hydrogen-bond acceptors (Lipinski definition) is 4. The van der Waals surface area contributed by atoms with E-state index in [0.717, 1.165) is 89.0 Å². The van der Waals surface area contributed by atoms with Gasteiger partial charge in [-0.3, -0.25) is 0 Å². The van der Waals surface area contributed by atoms with E-state index in [1.54, 1.807) is 0 Å². The van der Waals surface area contributed by atoms with Crippen LogP contribution in [0.3, 0.4) is 0 Å².